The molecular formula is C38H49N3O6. The van der Waals surface area contributed by atoms with Gasteiger partial charge in [-0.25, -0.2) is 0 Å². The molecule has 0 aromatic heterocycles. The summed E-state index contributed by atoms with van der Waals surface area (Å²) in [7, 11) is 0. The molecule has 2 aromatic rings. The van der Waals surface area contributed by atoms with Crippen LogP contribution in [-0.2, 0) is 19.1 Å². The molecule has 2 bridgehead atoms. The lowest BCUT2D eigenvalue weighted by Gasteiger charge is -2.41. The van der Waals surface area contributed by atoms with Crippen LogP contribution in [0.3, 0.4) is 0 Å². The topological polar surface area (TPSA) is 99.6 Å². The molecule has 252 valence electrons. The lowest BCUT2D eigenvalue weighted by molar-refractivity contribution is -0.149. The largest absolute Gasteiger partial charge is 0.494 e. The molecule has 3 amide bonds. The molecule has 5 rings (SSSR count). The zero-order valence-electron chi connectivity index (χ0n) is 28.6. The van der Waals surface area contributed by atoms with Crippen LogP contribution in [0.15, 0.2) is 67.8 Å². The third-order valence-electron chi connectivity index (χ3n) is 10.4. The highest BCUT2D eigenvalue weighted by molar-refractivity contribution is 6.07. The van der Waals surface area contributed by atoms with E-state index in [1.165, 1.54) is 0 Å². The van der Waals surface area contributed by atoms with E-state index in [4.69, 9.17) is 9.47 Å². The number of aliphatic hydroxyl groups excluding tert-OH is 1. The second-order valence-corrected chi connectivity index (χ2v) is 13.6. The number of fused-ring (bicyclic) bond motifs is 1. The normalized spacial score (nSPS) is 26.7. The molecule has 2 aromatic carbocycles. The number of likely N-dealkylation sites (tertiary alicyclic amines) is 1. The number of hydrogen-bond donors (Lipinski definition) is 1. The van der Waals surface area contributed by atoms with Gasteiger partial charge in [0.25, 0.3) is 5.91 Å². The van der Waals surface area contributed by atoms with Gasteiger partial charge in [-0.3, -0.25) is 14.4 Å². The Morgan fingerprint density at radius 3 is 2.21 bits per heavy atom. The second-order valence-electron chi connectivity index (χ2n) is 13.6. The molecule has 3 saturated heterocycles. The first-order chi connectivity index (χ1) is 22.4. The standard InChI is InChI=1S/C38H49N3O6/c1-9-21-39(27-15-17-28(18-16-27)46-11-3)34(43)30-31-35(44)41(29(23-42)24(4)5)33(38(31)20-19-37(30,8)47-38)36(45)40(22-10-2)32-25(6)13-12-14-26(32)7/h9-10,12-18,24,29-31,33,42H,1-2,11,19-23H2,3-8H3/t29-,30-,31-,33?,37+,38?/m0/s1. The Labute approximate surface area is 278 Å². The van der Waals surface area contributed by atoms with Gasteiger partial charge < -0.3 is 29.3 Å². The number of hydrogen-bond acceptors (Lipinski definition) is 6. The molecule has 0 saturated carbocycles. The third kappa shape index (κ3) is 5.57. The van der Waals surface area contributed by atoms with Crippen molar-refractivity contribution in [1.29, 1.82) is 0 Å². The number of amides is 3. The van der Waals surface area contributed by atoms with Gasteiger partial charge in [0.15, 0.2) is 0 Å². The molecule has 3 aliphatic rings. The van der Waals surface area contributed by atoms with E-state index in [1.807, 2.05) is 84.0 Å². The number of benzene rings is 2. The maximum atomic E-state index is 15.1. The third-order valence-corrected chi connectivity index (χ3v) is 10.4. The molecule has 0 radical (unpaired) electrons. The van der Waals surface area contributed by atoms with Crippen molar-refractivity contribution >= 4 is 29.1 Å². The molecule has 0 aliphatic carbocycles. The van der Waals surface area contributed by atoms with E-state index < -0.39 is 35.1 Å². The van der Waals surface area contributed by atoms with Gasteiger partial charge in [-0.15, -0.1) is 13.2 Å². The van der Waals surface area contributed by atoms with Crippen molar-refractivity contribution in [2.75, 3.05) is 36.1 Å². The van der Waals surface area contributed by atoms with Gasteiger partial charge >= 0.3 is 0 Å². The van der Waals surface area contributed by atoms with E-state index in [2.05, 4.69) is 13.2 Å². The molecule has 6 atom stereocenters. The van der Waals surface area contributed by atoms with Gasteiger partial charge in [-0.1, -0.05) is 44.2 Å². The molecule has 9 nitrogen and oxygen atoms in total. The van der Waals surface area contributed by atoms with Crippen molar-refractivity contribution in [3.63, 3.8) is 0 Å². The Balaban J connectivity index is 1.63. The Kier molecular flexibility index (Phi) is 9.71. The van der Waals surface area contributed by atoms with E-state index in [1.54, 1.807) is 26.9 Å². The van der Waals surface area contributed by atoms with Crippen LogP contribution in [-0.4, -0.2) is 77.3 Å². The highest BCUT2D eigenvalue weighted by Crippen LogP contribution is 2.64. The second kappa shape index (κ2) is 13.3. The number of aryl methyl sites for hydroxylation is 2. The average molecular weight is 644 g/mol. The quantitative estimate of drug-likeness (QED) is 0.301. The zero-order chi connectivity index (χ0) is 34.3. The first-order valence-corrected chi connectivity index (χ1v) is 16.7. The van der Waals surface area contributed by atoms with Gasteiger partial charge in [0.1, 0.15) is 17.4 Å². The van der Waals surface area contributed by atoms with E-state index in [-0.39, 0.29) is 43.3 Å². The predicted octanol–water partition coefficient (Wildman–Crippen LogP) is 5.22. The zero-order valence-corrected chi connectivity index (χ0v) is 28.6. The summed E-state index contributed by atoms with van der Waals surface area (Å²) in [6.45, 7) is 20.0. The Hall–Kier alpha value is -3.95. The molecule has 1 N–H and O–H groups in total. The number of nitrogens with zero attached hydrogens (tertiary/aromatic N) is 3. The van der Waals surface area contributed by atoms with Gasteiger partial charge in [0.05, 0.1) is 36.7 Å². The monoisotopic (exact) mass is 643 g/mol. The first-order valence-electron chi connectivity index (χ1n) is 16.7. The minimum Gasteiger partial charge on any atom is -0.494 e. The lowest BCUT2D eigenvalue weighted by atomic mass is 9.66. The molecule has 2 unspecified atom stereocenters. The highest BCUT2D eigenvalue weighted by atomic mass is 16.5. The van der Waals surface area contributed by atoms with Gasteiger partial charge in [-0.2, -0.15) is 0 Å². The van der Waals surface area contributed by atoms with Crippen LogP contribution in [0, 0.1) is 31.6 Å². The number of carbonyl (C=O) groups is 3. The summed E-state index contributed by atoms with van der Waals surface area (Å²) >= 11 is 0. The maximum absolute atomic E-state index is 15.1. The van der Waals surface area contributed by atoms with E-state index in [0.717, 1.165) is 16.8 Å². The SMILES string of the molecule is C=CCN(C(=O)[C@@H]1[C@H]2C(=O)N([C@@H](CO)C(C)C)C(C(=O)N(CC=C)c3c(C)cccc3C)C23CC[C@@]1(C)O3)c1ccc(OCC)cc1. The molecule has 47 heavy (non-hydrogen) atoms. The van der Waals surface area contributed by atoms with Crippen molar-refractivity contribution in [3.8, 4) is 5.75 Å². The number of para-hydroxylation sites is 1. The molecule has 3 heterocycles. The van der Waals surface area contributed by atoms with Gasteiger partial charge in [-0.05, 0) is 81.8 Å². The van der Waals surface area contributed by atoms with Crippen molar-refractivity contribution in [2.24, 2.45) is 17.8 Å². The van der Waals surface area contributed by atoms with E-state index in [0.29, 0.717) is 30.9 Å². The van der Waals surface area contributed by atoms with Crippen LogP contribution in [0.1, 0.15) is 51.7 Å². The van der Waals surface area contributed by atoms with Crippen molar-refractivity contribution in [1.82, 2.24) is 4.90 Å². The first kappa shape index (κ1) is 34.4. The Bertz CT molecular complexity index is 1520. The summed E-state index contributed by atoms with van der Waals surface area (Å²) in [5.41, 5.74) is 1.02. The van der Waals surface area contributed by atoms with E-state index >= 15 is 4.79 Å². The van der Waals surface area contributed by atoms with E-state index in [9.17, 15) is 14.7 Å². The summed E-state index contributed by atoms with van der Waals surface area (Å²) < 4.78 is 12.6. The molecular weight excluding hydrogens is 594 g/mol. The Morgan fingerprint density at radius 2 is 1.66 bits per heavy atom. The number of rotatable bonds is 13. The van der Waals surface area contributed by atoms with Crippen LogP contribution < -0.4 is 14.5 Å². The lowest BCUT2D eigenvalue weighted by Crippen LogP contribution is -2.60. The van der Waals surface area contributed by atoms with Crippen molar-refractivity contribution in [3.05, 3.63) is 78.9 Å². The summed E-state index contributed by atoms with van der Waals surface area (Å²) in [5, 5.41) is 10.7. The molecule has 3 fully saturated rings. The summed E-state index contributed by atoms with van der Waals surface area (Å²) in [6.07, 6.45) is 4.28. The number of anilines is 2. The fraction of sp³-hybridized carbons (Fsp3) is 0.500. The molecule has 3 aliphatic heterocycles. The van der Waals surface area contributed by atoms with Crippen LogP contribution in [0.2, 0.25) is 0 Å². The summed E-state index contributed by atoms with van der Waals surface area (Å²) in [4.78, 5) is 49.6. The molecule has 1 spiro atoms. The minimum absolute atomic E-state index is 0.161. The highest BCUT2D eigenvalue weighted by Gasteiger charge is 2.79. The average Bonchev–Trinajstić information content (AvgIpc) is 3.60. The van der Waals surface area contributed by atoms with Crippen LogP contribution in [0.5, 0.6) is 5.75 Å². The van der Waals surface area contributed by atoms with Gasteiger partial charge in [0.2, 0.25) is 11.8 Å². The molecule has 9 heteroatoms. The minimum atomic E-state index is -1.25. The summed E-state index contributed by atoms with van der Waals surface area (Å²) in [5.74, 6) is -2.12. The summed E-state index contributed by atoms with van der Waals surface area (Å²) in [6, 6.07) is 11.4. The van der Waals surface area contributed by atoms with Crippen LogP contribution in [0.4, 0.5) is 11.4 Å². The Morgan fingerprint density at radius 1 is 1.04 bits per heavy atom. The maximum Gasteiger partial charge on any atom is 0.253 e. The predicted molar refractivity (Wildman–Crippen MR) is 183 cm³/mol. The smallest absolute Gasteiger partial charge is 0.253 e. The fourth-order valence-corrected chi connectivity index (χ4v) is 8.30. The number of aliphatic hydroxyl groups is 1. The van der Waals surface area contributed by atoms with Crippen LogP contribution in [0.25, 0.3) is 0 Å². The van der Waals surface area contributed by atoms with Crippen molar-refractivity contribution < 1.29 is 29.0 Å². The fourth-order valence-electron chi connectivity index (χ4n) is 8.30. The van der Waals surface area contributed by atoms with Gasteiger partial charge in [0, 0.05) is 24.5 Å². The van der Waals surface area contributed by atoms with Crippen LogP contribution >= 0.6 is 0 Å². The number of ether oxygens (including phenoxy) is 2. The van der Waals surface area contributed by atoms with Crippen molar-refractivity contribution in [2.45, 2.75) is 77.7 Å². The number of carbonyl (C=O) groups excluding carboxylic acids is 3.